The number of carbonyl (C=O) groups is 1. The van der Waals surface area contributed by atoms with E-state index in [4.69, 9.17) is 15.6 Å². The average Bonchev–Trinajstić information content (AvgIpc) is 1.95. The largest absolute Gasteiger partial charge is 0.480 e. The Morgan fingerprint density at radius 3 is 2.46 bits per heavy atom. The van der Waals surface area contributed by atoms with E-state index in [0.717, 1.165) is 6.42 Å². The standard InChI is InChI=1S/C9H19NO3/c1-9(2,3)4-5-13-6-7(10)8(11)12/h7H,4-6,10H2,1-3H3,(H,11,12). The smallest absolute Gasteiger partial charge is 0.322 e. The van der Waals surface area contributed by atoms with E-state index in [0.29, 0.717) is 6.61 Å². The Hall–Kier alpha value is -0.610. The summed E-state index contributed by atoms with van der Waals surface area (Å²) in [4.78, 5) is 10.3. The van der Waals surface area contributed by atoms with E-state index >= 15 is 0 Å². The molecule has 0 bridgehead atoms. The highest BCUT2D eigenvalue weighted by Crippen LogP contribution is 2.17. The van der Waals surface area contributed by atoms with E-state index < -0.39 is 12.0 Å². The molecule has 1 atom stereocenters. The van der Waals surface area contributed by atoms with Gasteiger partial charge in [-0.2, -0.15) is 0 Å². The number of carboxylic acid groups (broad SMARTS) is 1. The molecule has 0 rings (SSSR count). The van der Waals surface area contributed by atoms with Crippen LogP contribution < -0.4 is 5.73 Å². The minimum Gasteiger partial charge on any atom is -0.480 e. The maximum absolute atomic E-state index is 10.3. The van der Waals surface area contributed by atoms with Gasteiger partial charge in [0.1, 0.15) is 6.04 Å². The molecule has 0 aromatic rings. The van der Waals surface area contributed by atoms with Crippen LogP contribution in [0.1, 0.15) is 27.2 Å². The quantitative estimate of drug-likeness (QED) is 0.629. The fourth-order valence-electron chi connectivity index (χ4n) is 0.660. The molecule has 4 nitrogen and oxygen atoms in total. The summed E-state index contributed by atoms with van der Waals surface area (Å²) in [5, 5.41) is 8.44. The Morgan fingerprint density at radius 1 is 1.54 bits per heavy atom. The Balaban J connectivity index is 3.41. The molecule has 1 unspecified atom stereocenters. The zero-order valence-electron chi connectivity index (χ0n) is 8.54. The summed E-state index contributed by atoms with van der Waals surface area (Å²) in [6.07, 6.45) is 0.902. The lowest BCUT2D eigenvalue weighted by Gasteiger charge is -2.18. The molecule has 0 heterocycles. The summed E-state index contributed by atoms with van der Waals surface area (Å²) in [5.41, 5.74) is 5.46. The van der Waals surface area contributed by atoms with Crippen LogP contribution in [0, 0.1) is 5.41 Å². The molecule has 0 amide bonds. The maximum atomic E-state index is 10.3. The average molecular weight is 189 g/mol. The first-order valence-electron chi connectivity index (χ1n) is 4.39. The van der Waals surface area contributed by atoms with Crippen LogP contribution in [0.4, 0.5) is 0 Å². The summed E-state index contributed by atoms with van der Waals surface area (Å²) in [6.45, 7) is 6.96. The first-order chi connectivity index (χ1) is 5.83. The maximum Gasteiger partial charge on any atom is 0.322 e. The van der Waals surface area contributed by atoms with Gasteiger partial charge in [0.05, 0.1) is 6.61 Å². The Labute approximate surface area is 79.1 Å². The molecule has 13 heavy (non-hydrogen) atoms. The van der Waals surface area contributed by atoms with E-state index in [-0.39, 0.29) is 12.0 Å². The number of hydrogen-bond donors (Lipinski definition) is 2. The molecule has 0 aromatic heterocycles. The lowest BCUT2D eigenvalue weighted by atomic mass is 9.93. The van der Waals surface area contributed by atoms with Gasteiger partial charge in [0, 0.05) is 6.61 Å². The van der Waals surface area contributed by atoms with Crippen LogP contribution in [-0.4, -0.2) is 30.3 Å². The molecular weight excluding hydrogens is 170 g/mol. The normalized spacial score (nSPS) is 14.2. The fraction of sp³-hybridized carbons (Fsp3) is 0.889. The van der Waals surface area contributed by atoms with Crippen LogP contribution in [0.5, 0.6) is 0 Å². The van der Waals surface area contributed by atoms with E-state index in [2.05, 4.69) is 20.8 Å². The van der Waals surface area contributed by atoms with Gasteiger partial charge in [-0.25, -0.2) is 0 Å². The summed E-state index contributed by atoms with van der Waals surface area (Å²) in [5.74, 6) is -1.02. The van der Waals surface area contributed by atoms with Crippen molar-refractivity contribution >= 4 is 5.97 Å². The van der Waals surface area contributed by atoms with Crippen molar-refractivity contribution in [1.29, 1.82) is 0 Å². The summed E-state index contributed by atoms with van der Waals surface area (Å²) in [7, 11) is 0. The zero-order chi connectivity index (χ0) is 10.5. The van der Waals surface area contributed by atoms with E-state index in [1.165, 1.54) is 0 Å². The molecule has 0 aromatic carbocycles. The van der Waals surface area contributed by atoms with Crippen LogP contribution >= 0.6 is 0 Å². The third-order valence-corrected chi connectivity index (χ3v) is 1.61. The van der Waals surface area contributed by atoms with Gasteiger partial charge in [0.25, 0.3) is 0 Å². The molecule has 0 aliphatic heterocycles. The van der Waals surface area contributed by atoms with Crippen LogP contribution in [-0.2, 0) is 9.53 Å². The Kier molecular flexibility index (Phi) is 4.95. The van der Waals surface area contributed by atoms with Crippen LogP contribution in [0.3, 0.4) is 0 Å². The molecule has 0 radical (unpaired) electrons. The van der Waals surface area contributed by atoms with Crippen molar-refractivity contribution in [2.24, 2.45) is 11.1 Å². The Bertz CT molecular complexity index is 163. The van der Waals surface area contributed by atoms with Crippen LogP contribution in [0.15, 0.2) is 0 Å². The second-order valence-electron chi connectivity index (χ2n) is 4.33. The van der Waals surface area contributed by atoms with Crippen molar-refractivity contribution in [3.8, 4) is 0 Å². The second-order valence-corrected chi connectivity index (χ2v) is 4.33. The molecule has 0 fully saturated rings. The number of ether oxygens (including phenoxy) is 1. The minimum absolute atomic E-state index is 0.0887. The lowest BCUT2D eigenvalue weighted by molar-refractivity contribution is -0.140. The molecule has 0 aliphatic carbocycles. The summed E-state index contributed by atoms with van der Waals surface area (Å²) < 4.78 is 5.13. The number of nitrogens with two attached hydrogens (primary N) is 1. The van der Waals surface area contributed by atoms with Crippen molar-refractivity contribution in [3.63, 3.8) is 0 Å². The van der Waals surface area contributed by atoms with Gasteiger partial charge in [-0.05, 0) is 11.8 Å². The fourth-order valence-corrected chi connectivity index (χ4v) is 0.660. The molecule has 0 aliphatic rings. The summed E-state index contributed by atoms with van der Waals surface area (Å²) >= 11 is 0. The summed E-state index contributed by atoms with van der Waals surface area (Å²) in [6, 6.07) is -0.903. The van der Waals surface area contributed by atoms with Gasteiger partial charge in [-0.3, -0.25) is 4.79 Å². The lowest BCUT2D eigenvalue weighted by Crippen LogP contribution is -2.35. The molecule has 3 N–H and O–H groups in total. The Morgan fingerprint density at radius 2 is 2.08 bits per heavy atom. The highest BCUT2D eigenvalue weighted by Gasteiger charge is 2.13. The third kappa shape index (κ3) is 7.74. The second kappa shape index (κ2) is 5.19. The highest BCUT2D eigenvalue weighted by atomic mass is 16.5. The highest BCUT2D eigenvalue weighted by molar-refractivity contribution is 5.73. The van der Waals surface area contributed by atoms with Crippen LogP contribution in [0.25, 0.3) is 0 Å². The predicted molar refractivity (Wildman–Crippen MR) is 50.5 cm³/mol. The van der Waals surface area contributed by atoms with Gasteiger partial charge < -0.3 is 15.6 Å². The molecule has 4 heteroatoms. The topological polar surface area (TPSA) is 72.5 Å². The SMILES string of the molecule is CC(C)(C)CCOCC(N)C(=O)O. The molecule has 78 valence electrons. The van der Waals surface area contributed by atoms with Gasteiger partial charge >= 0.3 is 5.97 Å². The minimum atomic E-state index is -1.02. The van der Waals surface area contributed by atoms with Crippen LogP contribution in [0.2, 0.25) is 0 Å². The van der Waals surface area contributed by atoms with Crippen molar-refractivity contribution in [2.75, 3.05) is 13.2 Å². The third-order valence-electron chi connectivity index (χ3n) is 1.61. The molecule has 0 spiro atoms. The monoisotopic (exact) mass is 189 g/mol. The number of carboxylic acids is 1. The predicted octanol–water partition coefficient (Wildman–Crippen LogP) is 0.851. The van der Waals surface area contributed by atoms with Crippen molar-refractivity contribution in [3.05, 3.63) is 0 Å². The molecular formula is C9H19NO3. The number of aliphatic carboxylic acids is 1. The molecule has 0 saturated carbocycles. The number of hydrogen-bond acceptors (Lipinski definition) is 3. The van der Waals surface area contributed by atoms with Gasteiger partial charge in [-0.15, -0.1) is 0 Å². The first-order valence-corrected chi connectivity index (χ1v) is 4.39. The van der Waals surface area contributed by atoms with Crippen molar-refractivity contribution in [2.45, 2.75) is 33.2 Å². The van der Waals surface area contributed by atoms with Gasteiger partial charge in [0.15, 0.2) is 0 Å². The van der Waals surface area contributed by atoms with E-state index in [1.54, 1.807) is 0 Å². The van der Waals surface area contributed by atoms with Crippen molar-refractivity contribution < 1.29 is 14.6 Å². The number of rotatable bonds is 5. The zero-order valence-corrected chi connectivity index (χ0v) is 8.54. The van der Waals surface area contributed by atoms with Gasteiger partial charge in [0.2, 0.25) is 0 Å². The van der Waals surface area contributed by atoms with E-state index in [9.17, 15) is 4.79 Å². The van der Waals surface area contributed by atoms with E-state index in [1.807, 2.05) is 0 Å². The first kappa shape index (κ1) is 12.4. The molecule has 0 saturated heterocycles. The van der Waals surface area contributed by atoms with Crippen molar-refractivity contribution in [1.82, 2.24) is 0 Å². The van der Waals surface area contributed by atoms with Gasteiger partial charge in [-0.1, -0.05) is 20.8 Å².